The third-order valence-corrected chi connectivity index (χ3v) is 6.47. The van der Waals surface area contributed by atoms with E-state index in [9.17, 15) is 8.78 Å². The van der Waals surface area contributed by atoms with Gasteiger partial charge in [0.1, 0.15) is 0 Å². The van der Waals surface area contributed by atoms with Crippen LogP contribution in [0.25, 0.3) is 0 Å². The Balaban J connectivity index is 1.82. The van der Waals surface area contributed by atoms with E-state index in [1.54, 1.807) is 0 Å². The molecule has 2 rings (SSSR count). The van der Waals surface area contributed by atoms with Crippen molar-refractivity contribution < 1.29 is 8.78 Å². The molecule has 124 valence electrons. The highest BCUT2D eigenvalue weighted by Crippen LogP contribution is 2.48. The molecule has 0 N–H and O–H groups in total. The Bertz CT molecular complexity index is 314. The molecule has 0 aromatic heterocycles. The van der Waals surface area contributed by atoms with E-state index < -0.39 is 5.92 Å². The molecule has 0 radical (unpaired) electrons. The second-order valence-electron chi connectivity index (χ2n) is 8.85. The van der Waals surface area contributed by atoms with Gasteiger partial charge in [-0.3, -0.25) is 0 Å². The molecule has 0 spiro atoms. The topological polar surface area (TPSA) is 0 Å². The summed E-state index contributed by atoms with van der Waals surface area (Å²) in [6.45, 7) is 9.35. The summed E-state index contributed by atoms with van der Waals surface area (Å²) in [4.78, 5) is 0. The maximum absolute atomic E-state index is 13.3. The molecular formula is C19H34F2. The van der Waals surface area contributed by atoms with Crippen LogP contribution in [0, 0.1) is 29.1 Å². The molecule has 0 atom stereocenters. The first-order chi connectivity index (χ1) is 9.70. The number of halogens is 2. The van der Waals surface area contributed by atoms with E-state index >= 15 is 0 Å². The molecule has 2 fully saturated rings. The number of hydrogen-bond donors (Lipinski definition) is 0. The lowest BCUT2D eigenvalue weighted by Gasteiger charge is -2.42. The van der Waals surface area contributed by atoms with Gasteiger partial charge in [-0.15, -0.1) is 0 Å². The van der Waals surface area contributed by atoms with Crippen LogP contribution in [0.1, 0.15) is 85.5 Å². The lowest BCUT2D eigenvalue weighted by Crippen LogP contribution is -2.34. The summed E-state index contributed by atoms with van der Waals surface area (Å²) in [5, 5.41) is 0. The molecule has 0 heterocycles. The van der Waals surface area contributed by atoms with Gasteiger partial charge < -0.3 is 0 Å². The maximum atomic E-state index is 13.3. The van der Waals surface area contributed by atoms with E-state index in [0.29, 0.717) is 5.92 Å². The molecule has 0 aromatic rings. The first-order valence-electron chi connectivity index (χ1n) is 9.07. The Morgan fingerprint density at radius 3 is 1.95 bits per heavy atom. The lowest BCUT2D eigenvalue weighted by atomic mass is 9.64. The van der Waals surface area contributed by atoms with Gasteiger partial charge in [0.15, 0.2) is 0 Å². The molecule has 0 bridgehead atoms. The number of hydrogen-bond acceptors (Lipinski definition) is 0. The Morgan fingerprint density at radius 2 is 1.48 bits per heavy atom. The number of alkyl halides is 2. The normalized spacial score (nSPS) is 31.6. The fourth-order valence-electron chi connectivity index (χ4n) is 4.79. The summed E-state index contributed by atoms with van der Waals surface area (Å²) in [6, 6.07) is 0. The molecule has 0 aliphatic heterocycles. The van der Waals surface area contributed by atoms with Crippen LogP contribution in [-0.4, -0.2) is 5.92 Å². The summed E-state index contributed by atoms with van der Waals surface area (Å²) in [6.07, 6.45) is 8.38. The minimum atomic E-state index is -2.39. The molecule has 2 heteroatoms. The predicted octanol–water partition coefficient (Wildman–Crippen LogP) is 6.69. The number of rotatable bonds is 4. The van der Waals surface area contributed by atoms with Gasteiger partial charge in [-0.05, 0) is 61.2 Å². The Hall–Kier alpha value is -0.140. The fourth-order valence-corrected chi connectivity index (χ4v) is 4.79. The Morgan fingerprint density at radius 1 is 0.952 bits per heavy atom. The van der Waals surface area contributed by atoms with Crippen molar-refractivity contribution in [3.8, 4) is 0 Å². The summed E-state index contributed by atoms with van der Waals surface area (Å²) >= 11 is 0. The minimum absolute atomic E-state index is 0.112. The third-order valence-electron chi connectivity index (χ3n) is 6.47. The lowest BCUT2D eigenvalue weighted by molar-refractivity contribution is -0.0634. The summed E-state index contributed by atoms with van der Waals surface area (Å²) in [5.41, 5.74) is 0.242. The van der Waals surface area contributed by atoms with E-state index in [0.717, 1.165) is 30.6 Å². The van der Waals surface area contributed by atoms with E-state index in [1.807, 2.05) is 0 Å². The molecule has 0 nitrogen and oxygen atoms in total. The monoisotopic (exact) mass is 300 g/mol. The maximum Gasteiger partial charge on any atom is 0.248 e. The quantitative estimate of drug-likeness (QED) is 0.542. The van der Waals surface area contributed by atoms with Crippen LogP contribution < -0.4 is 0 Å². The van der Waals surface area contributed by atoms with Crippen LogP contribution in [0.4, 0.5) is 8.78 Å². The second kappa shape index (κ2) is 6.54. The van der Waals surface area contributed by atoms with Crippen molar-refractivity contribution in [2.45, 2.75) is 91.4 Å². The van der Waals surface area contributed by atoms with Gasteiger partial charge in [-0.1, -0.05) is 40.5 Å². The Labute approximate surface area is 130 Å². The van der Waals surface area contributed by atoms with Gasteiger partial charge >= 0.3 is 0 Å². The third kappa shape index (κ3) is 4.66. The average Bonchev–Trinajstić information content (AvgIpc) is 2.38. The van der Waals surface area contributed by atoms with Gasteiger partial charge in [0, 0.05) is 12.8 Å². The Kier molecular flexibility index (Phi) is 5.36. The van der Waals surface area contributed by atoms with Gasteiger partial charge in [0.05, 0.1) is 0 Å². The molecule has 2 aliphatic carbocycles. The van der Waals surface area contributed by atoms with Crippen molar-refractivity contribution in [1.29, 1.82) is 0 Å². The highest BCUT2D eigenvalue weighted by Gasteiger charge is 2.41. The first kappa shape index (κ1) is 17.2. The first-order valence-corrected chi connectivity index (χ1v) is 9.07. The SMILES string of the molecule is CC(C)C1CCC(CC(C)(C)C2CCC(F)(F)CC2)CC1. The molecular weight excluding hydrogens is 266 g/mol. The molecule has 0 saturated heterocycles. The minimum Gasteiger partial charge on any atom is -0.207 e. The highest BCUT2D eigenvalue weighted by atomic mass is 19.3. The van der Waals surface area contributed by atoms with Crippen molar-refractivity contribution in [3.05, 3.63) is 0 Å². The van der Waals surface area contributed by atoms with E-state index in [2.05, 4.69) is 27.7 Å². The van der Waals surface area contributed by atoms with Crippen LogP contribution in [0.3, 0.4) is 0 Å². The van der Waals surface area contributed by atoms with Gasteiger partial charge in [0.2, 0.25) is 5.92 Å². The zero-order chi connectivity index (χ0) is 15.7. The summed E-state index contributed by atoms with van der Waals surface area (Å²) in [7, 11) is 0. The molecule has 2 saturated carbocycles. The van der Waals surface area contributed by atoms with Crippen molar-refractivity contribution >= 4 is 0 Å². The highest BCUT2D eigenvalue weighted by molar-refractivity contribution is 4.88. The van der Waals surface area contributed by atoms with E-state index in [-0.39, 0.29) is 18.3 Å². The van der Waals surface area contributed by atoms with Crippen molar-refractivity contribution in [3.63, 3.8) is 0 Å². The van der Waals surface area contributed by atoms with Crippen LogP contribution >= 0.6 is 0 Å². The van der Waals surface area contributed by atoms with E-state index in [4.69, 9.17) is 0 Å². The van der Waals surface area contributed by atoms with Crippen LogP contribution in [0.5, 0.6) is 0 Å². The molecule has 0 unspecified atom stereocenters. The van der Waals surface area contributed by atoms with Crippen molar-refractivity contribution in [2.24, 2.45) is 29.1 Å². The molecule has 0 amide bonds. The molecule has 0 aromatic carbocycles. The molecule has 2 aliphatic rings. The largest absolute Gasteiger partial charge is 0.248 e. The smallest absolute Gasteiger partial charge is 0.207 e. The van der Waals surface area contributed by atoms with Gasteiger partial charge in [-0.25, -0.2) is 8.78 Å². The van der Waals surface area contributed by atoms with Crippen molar-refractivity contribution in [2.75, 3.05) is 0 Å². The zero-order valence-electron chi connectivity index (χ0n) is 14.4. The second-order valence-corrected chi connectivity index (χ2v) is 8.85. The van der Waals surface area contributed by atoms with Crippen molar-refractivity contribution in [1.82, 2.24) is 0 Å². The van der Waals surface area contributed by atoms with Gasteiger partial charge in [0.25, 0.3) is 0 Å². The van der Waals surface area contributed by atoms with Crippen LogP contribution in [-0.2, 0) is 0 Å². The summed E-state index contributed by atoms with van der Waals surface area (Å²) < 4.78 is 26.7. The fraction of sp³-hybridized carbons (Fsp3) is 1.00. The standard InChI is InChI=1S/C19H34F2/c1-14(2)16-7-5-15(6-8-16)13-18(3,4)17-9-11-19(20,21)12-10-17/h14-17H,5-13H2,1-4H3. The van der Waals surface area contributed by atoms with Gasteiger partial charge in [-0.2, -0.15) is 0 Å². The van der Waals surface area contributed by atoms with Crippen LogP contribution in [0.15, 0.2) is 0 Å². The van der Waals surface area contributed by atoms with E-state index in [1.165, 1.54) is 32.1 Å². The zero-order valence-corrected chi connectivity index (χ0v) is 14.4. The average molecular weight is 300 g/mol. The summed E-state index contributed by atoms with van der Waals surface area (Å²) in [5.74, 6) is 0.677. The predicted molar refractivity (Wildman–Crippen MR) is 85.6 cm³/mol. The van der Waals surface area contributed by atoms with Crippen LogP contribution in [0.2, 0.25) is 0 Å². The molecule has 21 heavy (non-hydrogen) atoms.